The van der Waals surface area contributed by atoms with Crippen molar-refractivity contribution in [1.29, 1.82) is 0 Å². The SMILES string of the molecule is CCOC(=O)c1cccc(NC(=O)Cn2cnc3oc(C)c(C)c3c2=O)c1. The number of hydrogen-bond acceptors (Lipinski definition) is 6. The maximum Gasteiger partial charge on any atom is 0.338 e. The Balaban J connectivity index is 1.79. The Bertz CT molecular complexity index is 1080. The van der Waals surface area contributed by atoms with Gasteiger partial charge in [-0.25, -0.2) is 9.78 Å². The lowest BCUT2D eigenvalue weighted by Gasteiger charge is -2.08. The fourth-order valence-corrected chi connectivity index (χ4v) is 2.68. The maximum absolute atomic E-state index is 12.6. The lowest BCUT2D eigenvalue weighted by atomic mass is 10.2. The summed E-state index contributed by atoms with van der Waals surface area (Å²) < 4.78 is 11.6. The summed E-state index contributed by atoms with van der Waals surface area (Å²) >= 11 is 0. The molecule has 3 rings (SSSR count). The normalized spacial score (nSPS) is 10.8. The van der Waals surface area contributed by atoms with Crippen LogP contribution in [0.5, 0.6) is 0 Å². The highest BCUT2D eigenvalue weighted by molar-refractivity contribution is 5.94. The van der Waals surface area contributed by atoms with E-state index < -0.39 is 11.9 Å². The van der Waals surface area contributed by atoms with Crippen molar-refractivity contribution >= 4 is 28.7 Å². The average Bonchev–Trinajstić information content (AvgIpc) is 2.93. The van der Waals surface area contributed by atoms with E-state index in [2.05, 4.69) is 10.3 Å². The number of benzene rings is 1. The molecule has 0 fully saturated rings. The van der Waals surface area contributed by atoms with Crippen LogP contribution in [0, 0.1) is 13.8 Å². The van der Waals surface area contributed by atoms with Crippen molar-refractivity contribution < 1.29 is 18.7 Å². The van der Waals surface area contributed by atoms with Crippen LogP contribution in [0.2, 0.25) is 0 Å². The first-order chi connectivity index (χ1) is 12.9. The second kappa shape index (κ2) is 7.45. The predicted octanol–water partition coefficient (Wildman–Crippen LogP) is 2.42. The first-order valence-corrected chi connectivity index (χ1v) is 8.43. The van der Waals surface area contributed by atoms with E-state index in [1.807, 2.05) is 0 Å². The van der Waals surface area contributed by atoms with Crippen molar-refractivity contribution in [2.75, 3.05) is 11.9 Å². The number of amides is 1. The molecule has 0 radical (unpaired) electrons. The van der Waals surface area contributed by atoms with Crippen molar-refractivity contribution in [3.63, 3.8) is 0 Å². The number of rotatable bonds is 5. The van der Waals surface area contributed by atoms with Gasteiger partial charge in [-0.3, -0.25) is 14.2 Å². The molecule has 0 aliphatic carbocycles. The zero-order valence-electron chi connectivity index (χ0n) is 15.2. The summed E-state index contributed by atoms with van der Waals surface area (Å²) in [6, 6.07) is 6.40. The minimum absolute atomic E-state index is 0.213. The molecule has 1 amide bonds. The molecule has 1 aromatic carbocycles. The number of nitrogens with zero attached hydrogens (tertiary/aromatic N) is 2. The van der Waals surface area contributed by atoms with E-state index >= 15 is 0 Å². The van der Waals surface area contributed by atoms with Crippen molar-refractivity contribution in [1.82, 2.24) is 9.55 Å². The van der Waals surface area contributed by atoms with Gasteiger partial charge >= 0.3 is 5.97 Å². The van der Waals surface area contributed by atoms with Gasteiger partial charge in [-0.05, 0) is 39.0 Å². The van der Waals surface area contributed by atoms with Gasteiger partial charge in [-0.2, -0.15) is 0 Å². The van der Waals surface area contributed by atoms with Crippen LogP contribution >= 0.6 is 0 Å². The molecule has 0 spiro atoms. The zero-order valence-corrected chi connectivity index (χ0v) is 15.2. The minimum atomic E-state index is -0.467. The molecule has 8 heteroatoms. The standard InChI is InChI=1S/C19H19N3O5/c1-4-26-19(25)13-6-5-7-14(8-13)21-15(23)9-22-10-20-17-16(18(22)24)11(2)12(3)27-17/h5-8,10H,4,9H2,1-3H3,(H,21,23). The largest absolute Gasteiger partial charge is 0.462 e. The molecule has 3 aromatic rings. The quantitative estimate of drug-likeness (QED) is 0.693. The number of anilines is 1. The summed E-state index contributed by atoms with van der Waals surface area (Å²) in [7, 11) is 0. The molecule has 2 aromatic heterocycles. The van der Waals surface area contributed by atoms with E-state index in [0.29, 0.717) is 28.0 Å². The third-order valence-corrected chi connectivity index (χ3v) is 4.13. The van der Waals surface area contributed by atoms with Gasteiger partial charge < -0.3 is 14.5 Å². The highest BCUT2D eigenvalue weighted by atomic mass is 16.5. The Morgan fingerprint density at radius 2 is 2.07 bits per heavy atom. The van der Waals surface area contributed by atoms with E-state index in [9.17, 15) is 14.4 Å². The molecule has 1 N–H and O–H groups in total. The highest BCUT2D eigenvalue weighted by Gasteiger charge is 2.15. The Labute approximate surface area is 154 Å². The van der Waals surface area contributed by atoms with E-state index in [1.54, 1.807) is 39.0 Å². The summed E-state index contributed by atoms with van der Waals surface area (Å²) in [5, 5.41) is 3.03. The summed E-state index contributed by atoms with van der Waals surface area (Å²) in [5.74, 6) is -0.269. The molecular formula is C19H19N3O5. The number of esters is 1. The van der Waals surface area contributed by atoms with E-state index in [0.717, 1.165) is 0 Å². The molecular weight excluding hydrogens is 350 g/mol. The van der Waals surface area contributed by atoms with Gasteiger partial charge in [0.25, 0.3) is 5.56 Å². The fraction of sp³-hybridized carbons (Fsp3) is 0.263. The van der Waals surface area contributed by atoms with Crippen LogP contribution in [0.15, 0.2) is 39.8 Å². The van der Waals surface area contributed by atoms with Crippen LogP contribution < -0.4 is 10.9 Å². The minimum Gasteiger partial charge on any atom is -0.462 e. The lowest BCUT2D eigenvalue weighted by molar-refractivity contribution is -0.116. The second-order valence-electron chi connectivity index (χ2n) is 5.99. The number of nitrogens with one attached hydrogen (secondary N) is 1. The summed E-state index contributed by atoms with van der Waals surface area (Å²) in [4.78, 5) is 40.8. The molecule has 0 bridgehead atoms. The monoisotopic (exact) mass is 369 g/mol. The molecule has 0 atom stereocenters. The number of fused-ring (bicyclic) bond motifs is 1. The Morgan fingerprint density at radius 1 is 1.30 bits per heavy atom. The van der Waals surface area contributed by atoms with E-state index in [4.69, 9.17) is 9.15 Å². The molecule has 0 saturated carbocycles. The smallest absolute Gasteiger partial charge is 0.338 e. The van der Waals surface area contributed by atoms with Gasteiger partial charge in [0, 0.05) is 11.3 Å². The van der Waals surface area contributed by atoms with Crippen LogP contribution in [0.4, 0.5) is 5.69 Å². The van der Waals surface area contributed by atoms with Crippen LogP contribution in [0.3, 0.4) is 0 Å². The van der Waals surface area contributed by atoms with Gasteiger partial charge in [0.2, 0.25) is 11.6 Å². The van der Waals surface area contributed by atoms with Crippen LogP contribution in [0.1, 0.15) is 28.6 Å². The average molecular weight is 369 g/mol. The molecule has 0 unspecified atom stereocenters. The van der Waals surface area contributed by atoms with E-state index in [1.165, 1.54) is 17.0 Å². The third kappa shape index (κ3) is 3.74. The van der Waals surface area contributed by atoms with Crippen LogP contribution in [-0.4, -0.2) is 28.0 Å². The number of ether oxygens (including phenoxy) is 1. The van der Waals surface area contributed by atoms with Gasteiger partial charge in [0.05, 0.1) is 12.2 Å². The lowest BCUT2D eigenvalue weighted by Crippen LogP contribution is -2.28. The third-order valence-electron chi connectivity index (χ3n) is 4.13. The number of aryl methyl sites for hydroxylation is 2. The Kier molecular flexibility index (Phi) is 5.07. The Hall–Kier alpha value is -3.42. The molecule has 27 heavy (non-hydrogen) atoms. The number of furan rings is 1. The van der Waals surface area contributed by atoms with E-state index in [-0.39, 0.29) is 24.4 Å². The van der Waals surface area contributed by atoms with Crippen molar-refractivity contribution in [3.05, 3.63) is 57.8 Å². The van der Waals surface area contributed by atoms with Crippen LogP contribution in [0.25, 0.3) is 11.1 Å². The van der Waals surface area contributed by atoms with Crippen LogP contribution in [-0.2, 0) is 16.1 Å². The first kappa shape index (κ1) is 18.4. The molecule has 140 valence electrons. The maximum atomic E-state index is 12.6. The fourth-order valence-electron chi connectivity index (χ4n) is 2.68. The van der Waals surface area contributed by atoms with Crippen molar-refractivity contribution in [2.24, 2.45) is 0 Å². The number of carbonyl (C=O) groups is 2. The van der Waals surface area contributed by atoms with Crippen molar-refractivity contribution in [2.45, 2.75) is 27.3 Å². The second-order valence-corrected chi connectivity index (χ2v) is 5.99. The number of hydrogen-bond donors (Lipinski definition) is 1. The topological polar surface area (TPSA) is 103 Å². The van der Waals surface area contributed by atoms with Gasteiger partial charge in [0.15, 0.2) is 0 Å². The number of aromatic nitrogens is 2. The molecule has 0 aliphatic rings. The van der Waals surface area contributed by atoms with Gasteiger partial charge in [-0.15, -0.1) is 0 Å². The Morgan fingerprint density at radius 3 is 2.81 bits per heavy atom. The summed E-state index contributed by atoms with van der Waals surface area (Å²) in [6.07, 6.45) is 1.28. The van der Waals surface area contributed by atoms with Crippen molar-refractivity contribution in [3.8, 4) is 0 Å². The molecule has 0 saturated heterocycles. The molecule has 2 heterocycles. The predicted molar refractivity (Wildman–Crippen MR) is 98.8 cm³/mol. The summed E-state index contributed by atoms with van der Waals surface area (Å²) in [5.41, 5.74) is 1.39. The van der Waals surface area contributed by atoms with Gasteiger partial charge in [-0.1, -0.05) is 6.07 Å². The molecule has 0 aliphatic heterocycles. The molecule has 8 nitrogen and oxygen atoms in total. The first-order valence-electron chi connectivity index (χ1n) is 8.43. The summed E-state index contributed by atoms with van der Waals surface area (Å²) in [6.45, 7) is 5.30. The highest BCUT2D eigenvalue weighted by Crippen LogP contribution is 2.19. The zero-order chi connectivity index (χ0) is 19.6. The number of carbonyl (C=O) groups excluding carboxylic acids is 2. The van der Waals surface area contributed by atoms with Gasteiger partial charge in [0.1, 0.15) is 24.0 Å².